The minimum atomic E-state index is -6.00. The lowest BCUT2D eigenvalue weighted by Crippen LogP contribution is -2.04. The van der Waals surface area contributed by atoms with Crippen molar-refractivity contribution >= 4 is 13.5 Å². The monoisotopic (exact) mass is 172 g/mol. The van der Waals surface area contributed by atoms with Crippen molar-refractivity contribution in [1.29, 1.82) is 0 Å². The van der Waals surface area contributed by atoms with Crippen LogP contribution in [-0.4, -0.2) is 13.5 Å². The number of hydrogen-bond acceptors (Lipinski definition) is 1. The van der Waals surface area contributed by atoms with Crippen LogP contribution < -0.4 is 0 Å². The highest BCUT2D eigenvalue weighted by Crippen LogP contribution is 2.06. The zero-order valence-electron chi connectivity index (χ0n) is 6.50. The lowest BCUT2D eigenvalue weighted by atomic mass is 10.0. The maximum atomic E-state index is 9.75. The van der Waals surface area contributed by atoms with Crippen LogP contribution in [0.3, 0.4) is 0 Å². The Labute approximate surface area is 62.9 Å². The number of halogens is 4. The van der Waals surface area contributed by atoms with Crippen LogP contribution in [0.25, 0.3) is 0 Å². The minimum absolute atomic E-state index is 0.264. The SMILES string of the molecule is CC(C)(C)[C+]=O.F[B-](F)(F)F. The Morgan fingerprint density at radius 1 is 1.09 bits per heavy atom. The average Bonchev–Trinajstić information content (AvgIpc) is 1.59. The van der Waals surface area contributed by atoms with E-state index in [2.05, 4.69) is 0 Å². The first-order chi connectivity index (χ1) is 4.56. The molecule has 0 spiro atoms. The Bertz CT molecular complexity index is 109. The summed E-state index contributed by atoms with van der Waals surface area (Å²) < 4.78 is 39.0. The van der Waals surface area contributed by atoms with Crippen molar-refractivity contribution < 1.29 is 22.1 Å². The highest BCUT2D eigenvalue weighted by molar-refractivity contribution is 6.50. The van der Waals surface area contributed by atoms with Gasteiger partial charge in [0.1, 0.15) is 0 Å². The number of hydrogen-bond donors (Lipinski definition) is 0. The molecule has 0 atom stereocenters. The molecule has 6 heteroatoms. The van der Waals surface area contributed by atoms with Gasteiger partial charge in [0.2, 0.25) is 5.41 Å². The molecule has 0 heterocycles. The van der Waals surface area contributed by atoms with Gasteiger partial charge in [0, 0.05) is 4.79 Å². The summed E-state index contributed by atoms with van der Waals surface area (Å²) in [5, 5.41) is 0. The van der Waals surface area contributed by atoms with E-state index in [1.807, 2.05) is 27.1 Å². The highest BCUT2D eigenvalue weighted by atomic mass is 19.5. The third-order valence-electron chi connectivity index (χ3n) is 0.306. The molecule has 0 saturated carbocycles. The summed E-state index contributed by atoms with van der Waals surface area (Å²) in [5.74, 6) is 0. The number of carbonyl (C=O) groups excluding carboxylic acids is 1. The summed E-state index contributed by atoms with van der Waals surface area (Å²) in [4.78, 5) is 9.70. The lowest BCUT2D eigenvalue weighted by molar-refractivity contribution is 0.368. The third kappa shape index (κ3) is 90.8. The van der Waals surface area contributed by atoms with Crippen molar-refractivity contribution in [3.8, 4) is 0 Å². The largest absolute Gasteiger partial charge is 0.673 e. The second-order valence-electron chi connectivity index (χ2n) is 2.85. The molecule has 66 valence electrons. The highest BCUT2D eigenvalue weighted by Gasteiger charge is 2.24. The van der Waals surface area contributed by atoms with E-state index >= 15 is 0 Å². The molecule has 11 heavy (non-hydrogen) atoms. The fraction of sp³-hybridized carbons (Fsp3) is 0.800. The van der Waals surface area contributed by atoms with Crippen LogP contribution in [0.15, 0.2) is 0 Å². The fourth-order valence-corrected chi connectivity index (χ4v) is 0. The van der Waals surface area contributed by atoms with Crippen LogP contribution in [0.5, 0.6) is 0 Å². The van der Waals surface area contributed by atoms with Gasteiger partial charge < -0.3 is 17.3 Å². The van der Waals surface area contributed by atoms with Gasteiger partial charge in [0.05, 0.1) is 0 Å². The molecule has 0 bridgehead atoms. The quantitative estimate of drug-likeness (QED) is 0.311. The van der Waals surface area contributed by atoms with E-state index in [-0.39, 0.29) is 5.41 Å². The predicted octanol–water partition coefficient (Wildman–Crippen LogP) is 2.44. The summed E-state index contributed by atoms with van der Waals surface area (Å²) in [5.41, 5.74) is -0.264. The van der Waals surface area contributed by atoms with Crippen LogP contribution in [-0.2, 0) is 4.79 Å². The zero-order valence-corrected chi connectivity index (χ0v) is 6.50. The average molecular weight is 172 g/mol. The van der Waals surface area contributed by atoms with E-state index in [1.54, 1.807) is 0 Å². The maximum absolute atomic E-state index is 9.75. The molecule has 0 saturated heterocycles. The Morgan fingerprint density at radius 2 is 1.18 bits per heavy atom. The molecule has 0 aliphatic rings. The van der Waals surface area contributed by atoms with Crippen molar-refractivity contribution in [1.82, 2.24) is 0 Å². The van der Waals surface area contributed by atoms with E-state index in [9.17, 15) is 22.1 Å². The van der Waals surface area contributed by atoms with Gasteiger partial charge >= 0.3 is 13.5 Å². The first-order valence-corrected chi connectivity index (χ1v) is 2.83. The van der Waals surface area contributed by atoms with Gasteiger partial charge in [-0.1, -0.05) is 0 Å². The van der Waals surface area contributed by atoms with Crippen LogP contribution in [0.4, 0.5) is 17.3 Å². The Balaban J connectivity index is 0. The molecule has 0 fully saturated rings. The van der Waals surface area contributed by atoms with Crippen molar-refractivity contribution in [3.05, 3.63) is 0 Å². The van der Waals surface area contributed by atoms with E-state index in [0.29, 0.717) is 0 Å². The van der Waals surface area contributed by atoms with E-state index in [1.165, 1.54) is 0 Å². The molecule has 0 aromatic heterocycles. The summed E-state index contributed by atoms with van der Waals surface area (Å²) in [6.45, 7) is 5.46. The molecule has 1 nitrogen and oxygen atoms in total. The van der Waals surface area contributed by atoms with Gasteiger partial charge in [0.15, 0.2) is 0 Å². The van der Waals surface area contributed by atoms with Crippen molar-refractivity contribution in [3.63, 3.8) is 0 Å². The summed E-state index contributed by atoms with van der Waals surface area (Å²) in [7, 11) is -6.00. The van der Waals surface area contributed by atoms with Crippen molar-refractivity contribution in [2.75, 3.05) is 0 Å². The molecule has 0 aromatic rings. The summed E-state index contributed by atoms with van der Waals surface area (Å²) >= 11 is 0. The molecular weight excluding hydrogens is 163 g/mol. The first-order valence-electron chi connectivity index (χ1n) is 2.83. The second-order valence-corrected chi connectivity index (χ2v) is 2.85. The smallest absolute Gasteiger partial charge is 0.418 e. The molecule has 0 aliphatic carbocycles. The van der Waals surface area contributed by atoms with Crippen LogP contribution in [0, 0.1) is 5.41 Å². The van der Waals surface area contributed by atoms with Crippen LogP contribution in [0.2, 0.25) is 0 Å². The van der Waals surface area contributed by atoms with Crippen molar-refractivity contribution in [2.24, 2.45) is 5.41 Å². The topological polar surface area (TPSA) is 17.1 Å². The van der Waals surface area contributed by atoms with E-state index in [4.69, 9.17) is 0 Å². The maximum Gasteiger partial charge on any atom is 0.673 e. The first kappa shape index (κ1) is 13.0. The summed E-state index contributed by atoms with van der Waals surface area (Å²) in [6.07, 6.45) is 1.85. The molecule has 0 aromatic carbocycles. The molecule has 0 unspecified atom stereocenters. The predicted molar refractivity (Wildman–Crippen MR) is 35.3 cm³/mol. The van der Waals surface area contributed by atoms with Crippen LogP contribution >= 0.6 is 0 Å². The standard InChI is InChI=1S/C5H9O.BF4/c1-5(2,3)4-6;2-1(3,4)5/h1-3H3;/q+1;-1. The zero-order chi connectivity index (χ0) is 9.71. The van der Waals surface area contributed by atoms with E-state index < -0.39 is 7.25 Å². The molecule has 0 radical (unpaired) electrons. The van der Waals surface area contributed by atoms with Crippen LogP contribution in [0.1, 0.15) is 20.8 Å². The van der Waals surface area contributed by atoms with Gasteiger partial charge in [0.25, 0.3) is 0 Å². The summed E-state index contributed by atoms with van der Waals surface area (Å²) in [6, 6.07) is 0. The molecular formula is C5H9BF4O. The Kier molecular flexibility index (Phi) is 5.06. The van der Waals surface area contributed by atoms with Gasteiger partial charge in [-0.05, 0) is 20.8 Å². The van der Waals surface area contributed by atoms with Gasteiger partial charge in [-0.15, -0.1) is 0 Å². The molecule has 0 aliphatic heterocycles. The second kappa shape index (κ2) is 4.29. The fourth-order valence-electron chi connectivity index (χ4n) is 0. The third-order valence-corrected chi connectivity index (χ3v) is 0.306. The normalized spacial score (nSPS) is 11.2. The number of rotatable bonds is 0. The van der Waals surface area contributed by atoms with Gasteiger partial charge in [-0.25, -0.2) is 0 Å². The lowest BCUT2D eigenvalue weighted by Gasteiger charge is -1.94. The van der Waals surface area contributed by atoms with Gasteiger partial charge in [-0.3, -0.25) is 0 Å². The Morgan fingerprint density at radius 3 is 1.18 bits per heavy atom. The van der Waals surface area contributed by atoms with Crippen molar-refractivity contribution in [2.45, 2.75) is 20.8 Å². The minimum Gasteiger partial charge on any atom is -0.418 e. The molecule has 0 N–H and O–H groups in total. The van der Waals surface area contributed by atoms with E-state index in [0.717, 1.165) is 0 Å². The van der Waals surface area contributed by atoms with Gasteiger partial charge in [-0.2, -0.15) is 0 Å². The molecule has 0 rings (SSSR count). The Hall–Kier alpha value is -0.635. The molecule has 0 amide bonds.